The molecule has 0 radical (unpaired) electrons. The summed E-state index contributed by atoms with van der Waals surface area (Å²) < 4.78 is 1.87. The van der Waals surface area contributed by atoms with Crippen LogP contribution in [-0.4, -0.2) is 32.0 Å². The molecule has 1 atom stereocenters. The Morgan fingerprint density at radius 3 is 2.79 bits per heavy atom. The van der Waals surface area contributed by atoms with Gasteiger partial charge in [0.1, 0.15) is 11.9 Å². The highest BCUT2D eigenvalue weighted by molar-refractivity contribution is 6.30. The summed E-state index contributed by atoms with van der Waals surface area (Å²) in [5, 5.41) is 3.69. The third-order valence-electron chi connectivity index (χ3n) is 5.04. The molecule has 3 heterocycles. The molecule has 3 aromatic rings. The van der Waals surface area contributed by atoms with Gasteiger partial charge in [0.25, 0.3) is 5.56 Å². The Balaban J connectivity index is 1.60. The van der Waals surface area contributed by atoms with Crippen molar-refractivity contribution in [3.8, 4) is 0 Å². The number of carbonyl (C=O) groups excluding carboxylic acids is 1. The number of H-pyrrole nitrogens is 1. The van der Waals surface area contributed by atoms with Crippen molar-refractivity contribution in [3.63, 3.8) is 0 Å². The van der Waals surface area contributed by atoms with Gasteiger partial charge in [0.05, 0.1) is 6.54 Å². The summed E-state index contributed by atoms with van der Waals surface area (Å²) >= 11 is 6.01. The third kappa shape index (κ3) is 3.53. The average Bonchev–Trinajstić information content (AvgIpc) is 3.12. The number of amides is 2. The summed E-state index contributed by atoms with van der Waals surface area (Å²) in [5.41, 5.74) is 2.37. The van der Waals surface area contributed by atoms with Crippen LogP contribution in [0.2, 0.25) is 5.02 Å². The first-order valence-electron chi connectivity index (χ1n) is 9.00. The first-order valence-corrected chi connectivity index (χ1v) is 9.38. The van der Waals surface area contributed by atoms with Crippen LogP contribution in [0.4, 0.5) is 4.79 Å². The van der Waals surface area contributed by atoms with Crippen LogP contribution in [0, 0.1) is 0 Å². The maximum absolute atomic E-state index is 13.0. The average molecular weight is 398 g/mol. The molecule has 7 nitrogen and oxygen atoms in total. The number of aromatic nitrogens is 3. The van der Waals surface area contributed by atoms with Gasteiger partial charge in [-0.15, -0.1) is 0 Å². The van der Waals surface area contributed by atoms with Crippen molar-refractivity contribution in [1.82, 2.24) is 24.8 Å². The summed E-state index contributed by atoms with van der Waals surface area (Å²) in [6.07, 6.45) is 5.83. The van der Waals surface area contributed by atoms with Gasteiger partial charge in [0, 0.05) is 42.8 Å². The van der Waals surface area contributed by atoms with E-state index in [-0.39, 0.29) is 18.1 Å². The predicted molar refractivity (Wildman–Crippen MR) is 106 cm³/mol. The van der Waals surface area contributed by atoms with E-state index in [0.717, 1.165) is 11.1 Å². The molecule has 2 amide bonds. The van der Waals surface area contributed by atoms with Crippen molar-refractivity contribution < 1.29 is 4.79 Å². The molecule has 0 saturated heterocycles. The number of aryl methyl sites for hydroxylation is 1. The number of hydrogen-bond donors (Lipinski definition) is 2. The van der Waals surface area contributed by atoms with Crippen molar-refractivity contribution in [2.24, 2.45) is 7.05 Å². The van der Waals surface area contributed by atoms with Crippen molar-refractivity contribution >= 4 is 17.6 Å². The van der Waals surface area contributed by atoms with E-state index in [2.05, 4.69) is 15.3 Å². The van der Waals surface area contributed by atoms with Gasteiger partial charge in [-0.1, -0.05) is 23.7 Å². The van der Waals surface area contributed by atoms with Gasteiger partial charge < -0.3 is 19.8 Å². The van der Waals surface area contributed by atoms with Crippen LogP contribution in [0.25, 0.3) is 0 Å². The Morgan fingerprint density at radius 2 is 2.07 bits per heavy atom. The molecule has 0 bridgehead atoms. The standard InChI is InChI=1S/C20H20ClN5O2/c1-25-11-9-22-18(25)17(14-2-4-15(21)5-3-14)24-20(28)26-10-7-13-6-8-23-19(27)16(13)12-26/h2-6,8-9,11,17H,7,10,12H2,1H3,(H,23,27)(H,24,28)/t17-/m0/s1. The van der Waals surface area contributed by atoms with Crippen molar-refractivity contribution in [2.45, 2.75) is 19.0 Å². The molecule has 2 N–H and O–H groups in total. The van der Waals surface area contributed by atoms with Crippen molar-refractivity contribution in [1.29, 1.82) is 0 Å². The molecule has 0 spiro atoms. The fourth-order valence-electron chi connectivity index (χ4n) is 3.48. The van der Waals surface area contributed by atoms with E-state index in [1.165, 1.54) is 0 Å². The van der Waals surface area contributed by atoms with Crippen LogP contribution in [0.3, 0.4) is 0 Å². The SMILES string of the molecule is Cn1ccnc1[C@@H](NC(=O)N1CCc2cc[nH]c(=O)c2C1)c1ccc(Cl)cc1. The van der Waals surface area contributed by atoms with E-state index in [4.69, 9.17) is 11.6 Å². The normalized spacial score (nSPS) is 14.4. The number of benzene rings is 1. The summed E-state index contributed by atoms with van der Waals surface area (Å²) in [7, 11) is 1.88. The van der Waals surface area contributed by atoms with E-state index < -0.39 is 6.04 Å². The number of nitrogens with one attached hydrogen (secondary N) is 2. The fraction of sp³-hybridized carbons (Fsp3) is 0.250. The molecule has 2 aromatic heterocycles. The number of imidazole rings is 1. The molecule has 1 aliphatic rings. The largest absolute Gasteiger partial charge is 0.336 e. The fourth-order valence-corrected chi connectivity index (χ4v) is 3.61. The van der Waals surface area contributed by atoms with Gasteiger partial charge >= 0.3 is 6.03 Å². The maximum Gasteiger partial charge on any atom is 0.318 e. The number of aromatic amines is 1. The number of nitrogens with zero attached hydrogens (tertiary/aromatic N) is 3. The number of hydrogen-bond acceptors (Lipinski definition) is 3. The number of urea groups is 1. The van der Waals surface area contributed by atoms with Gasteiger partial charge in [-0.3, -0.25) is 4.79 Å². The lowest BCUT2D eigenvalue weighted by molar-refractivity contribution is 0.189. The highest BCUT2D eigenvalue weighted by Crippen LogP contribution is 2.23. The molecule has 0 saturated carbocycles. The summed E-state index contributed by atoms with van der Waals surface area (Å²) in [5.74, 6) is 0.714. The Morgan fingerprint density at radius 1 is 1.29 bits per heavy atom. The number of halogens is 1. The quantitative estimate of drug-likeness (QED) is 0.712. The van der Waals surface area contributed by atoms with Crippen LogP contribution < -0.4 is 10.9 Å². The summed E-state index contributed by atoms with van der Waals surface area (Å²) in [6, 6.07) is 8.55. The first-order chi connectivity index (χ1) is 13.5. The van der Waals surface area contributed by atoms with Crippen molar-refractivity contribution in [2.75, 3.05) is 6.54 Å². The van der Waals surface area contributed by atoms with E-state index in [1.807, 2.05) is 36.0 Å². The maximum atomic E-state index is 13.0. The van der Waals surface area contributed by atoms with Crippen LogP contribution >= 0.6 is 11.6 Å². The second-order valence-corrected chi connectivity index (χ2v) is 7.25. The Hall–Kier alpha value is -3.06. The monoisotopic (exact) mass is 397 g/mol. The molecule has 0 unspecified atom stereocenters. The molecule has 8 heteroatoms. The second-order valence-electron chi connectivity index (χ2n) is 6.81. The molecule has 1 aromatic carbocycles. The van der Waals surface area contributed by atoms with Crippen molar-refractivity contribution in [3.05, 3.63) is 86.8 Å². The summed E-state index contributed by atoms with van der Waals surface area (Å²) in [4.78, 5) is 33.9. The zero-order valence-corrected chi connectivity index (χ0v) is 16.1. The molecule has 1 aliphatic heterocycles. The van der Waals surface area contributed by atoms with E-state index in [9.17, 15) is 9.59 Å². The van der Waals surface area contributed by atoms with Gasteiger partial charge in [0.15, 0.2) is 0 Å². The zero-order chi connectivity index (χ0) is 19.7. The van der Waals surface area contributed by atoms with Gasteiger partial charge in [-0.25, -0.2) is 9.78 Å². The van der Waals surface area contributed by atoms with Crippen LogP contribution in [0.5, 0.6) is 0 Å². The van der Waals surface area contributed by atoms with Gasteiger partial charge in [-0.2, -0.15) is 0 Å². The molecular formula is C20H20ClN5O2. The topological polar surface area (TPSA) is 83.0 Å². The zero-order valence-electron chi connectivity index (χ0n) is 15.4. The van der Waals surface area contributed by atoms with Gasteiger partial charge in [-0.05, 0) is 35.7 Å². The second kappa shape index (κ2) is 7.52. The Labute approximate surface area is 167 Å². The number of rotatable bonds is 3. The molecule has 144 valence electrons. The minimum Gasteiger partial charge on any atom is -0.336 e. The highest BCUT2D eigenvalue weighted by atomic mass is 35.5. The van der Waals surface area contributed by atoms with Crippen LogP contribution in [-0.2, 0) is 20.0 Å². The number of carbonyl (C=O) groups is 1. The van der Waals surface area contributed by atoms with E-state index >= 15 is 0 Å². The lowest BCUT2D eigenvalue weighted by Crippen LogP contribution is -2.46. The Bertz CT molecular complexity index is 1060. The van der Waals surface area contributed by atoms with Crippen LogP contribution in [0.1, 0.15) is 28.6 Å². The number of fused-ring (bicyclic) bond motifs is 1. The third-order valence-corrected chi connectivity index (χ3v) is 5.29. The molecule has 0 fully saturated rings. The Kier molecular flexibility index (Phi) is 4.92. The molecular weight excluding hydrogens is 378 g/mol. The first kappa shape index (κ1) is 18.3. The predicted octanol–water partition coefficient (Wildman–Crippen LogP) is 2.62. The lowest BCUT2D eigenvalue weighted by atomic mass is 10.0. The smallest absolute Gasteiger partial charge is 0.318 e. The lowest BCUT2D eigenvalue weighted by Gasteiger charge is -2.30. The summed E-state index contributed by atoms with van der Waals surface area (Å²) in [6.45, 7) is 0.835. The van der Waals surface area contributed by atoms with Crippen LogP contribution in [0.15, 0.2) is 53.7 Å². The minimum absolute atomic E-state index is 0.145. The number of pyridine rings is 1. The highest BCUT2D eigenvalue weighted by Gasteiger charge is 2.27. The van der Waals surface area contributed by atoms with E-state index in [0.29, 0.717) is 29.4 Å². The minimum atomic E-state index is -0.430. The van der Waals surface area contributed by atoms with Gasteiger partial charge in [0.2, 0.25) is 0 Å². The molecule has 4 rings (SSSR count). The molecule has 28 heavy (non-hydrogen) atoms. The molecule has 0 aliphatic carbocycles. The van der Waals surface area contributed by atoms with E-state index in [1.54, 1.807) is 29.4 Å².